The highest BCUT2D eigenvalue weighted by atomic mass is 35.5. The number of carbonyl (C=O) groups is 1. The lowest BCUT2D eigenvalue weighted by molar-refractivity contribution is -0.120. The lowest BCUT2D eigenvalue weighted by atomic mass is 10.0. The van der Waals surface area contributed by atoms with Crippen molar-refractivity contribution in [3.05, 3.63) is 21.7 Å². The van der Waals surface area contributed by atoms with Gasteiger partial charge in [-0.05, 0) is 12.5 Å². The SMILES string of the molecule is CNC(=O)CCCSc1nc(N)nc(-c2c(Cl)cc(Cl)c3c2CCO3)n1. The van der Waals surface area contributed by atoms with Crippen LogP contribution in [0.3, 0.4) is 0 Å². The molecule has 0 radical (unpaired) electrons. The molecule has 3 N–H and O–H groups in total. The van der Waals surface area contributed by atoms with Gasteiger partial charge in [0.2, 0.25) is 11.9 Å². The molecule has 1 aliphatic heterocycles. The summed E-state index contributed by atoms with van der Waals surface area (Å²) in [5.41, 5.74) is 7.41. The third kappa shape index (κ3) is 4.13. The minimum atomic E-state index is 0.00459. The number of hydrogen-bond acceptors (Lipinski definition) is 7. The lowest BCUT2D eigenvalue weighted by Gasteiger charge is -2.11. The van der Waals surface area contributed by atoms with E-state index in [1.807, 2.05) is 0 Å². The number of rotatable bonds is 6. The molecule has 7 nitrogen and oxygen atoms in total. The maximum absolute atomic E-state index is 11.3. The minimum Gasteiger partial charge on any atom is -0.491 e. The first kappa shape index (κ1) is 19.0. The van der Waals surface area contributed by atoms with Gasteiger partial charge >= 0.3 is 0 Å². The largest absolute Gasteiger partial charge is 0.491 e. The Hall–Kier alpha value is -1.77. The van der Waals surface area contributed by atoms with E-state index in [9.17, 15) is 4.79 Å². The molecule has 26 heavy (non-hydrogen) atoms. The Morgan fingerprint density at radius 2 is 2.15 bits per heavy atom. The van der Waals surface area contributed by atoms with Crippen molar-refractivity contribution in [1.82, 2.24) is 20.3 Å². The normalized spacial score (nSPS) is 12.6. The van der Waals surface area contributed by atoms with Crippen LogP contribution in [0.5, 0.6) is 5.75 Å². The molecule has 138 valence electrons. The first-order valence-electron chi connectivity index (χ1n) is 7.98. The number of fused-ring (bicyclic) bond motifs is 1. The second kappa shape index (κ2) is 8.28. The number of amides is 1. The van der Waals surface area contributed by atoms with Gasteiger partial charge in [0.05, 0.1) is 16.7 Å². The van der Waals surface area contributed by atoms with Gasteiger partial charge in [0.25, 0.3) is 0 Å². The summed E-state index contributed by atoms with van der Waals surface area (Å²) >= 11 is 14.0. The molecule has 0 saturated heterocycles. The van der Waals surface area contributed by atoms with Crippen LogP contribution in [-0.2, 0) is 11.2 Å². The zero-order valence-electron chi connectivity index (χ0n) is 14.0. The van der Waals surface area contributed by atoms with Crippen LogP contribution in [0.1, 0.15) is 18.4 Å². The quantitative estimate of drug-likeness (QED) is 0.553. The van der Waals surface area contributed by atoms with Gasteiger partial charge in [-0.2, -0.15) is 9.97 Å². The number of hydrogen-bond donors (Lipinski definition) is 2. The first-order valence-corrected chi connectivity index (χ1v) is 9.72. The number of aromatic nitrogens is 3. The Morgan fingerprint density at radius 3 is 2.92 bits per heavy atom. The maximum atomic E-state index is 11.3. The molecule has 0 saturated carbocycles. The Bertz CT molecular complexity index is 850. The molecule has 3 rings (SSSR count). The van der Waals surface area contributed by atoms with Crippen LogP contribution in [0.2, 0.25) is 10.0 Å². The van der Waals surface area contributed by atoms with Crippen LogP contribution < -0.4 is 15.8 Å². The summed E-state index contributed by atoms with van der Waals surface area (Å²) in [6.07, 6.45) is 1.83. The smallest absolute Gasteiger partial charge is 0.224 e. The fourth-order valence-corrected chi connectivity index (χ4v) is 4.03. The molecule has 0 fully saturated rings. The summed E-state index contributed by atoms with van der Waals surface area (Å²) in [7, 11) is 1.62. The number of ether oxygens (including phenoxy) is 1. The third-order valence-electron chi connectivity index (χ3n) is 3.80. The number of nitrogen functional groups attached to an aromatic ring is 1. The molecule has 1 aliphatic rings. The molecule has 0 unspecified atom stereocenters. The van der Waals surface area contributed by atoms with Crippen LogP contribution in [0.15, 0.2) is 11.2 Å². The van der Waals surface area contributed by atoms with E-state index >= 15 is 0 Å². The van der Waals surface area contributed by atoms with E-state index in [4.69, 9.17) is 33.7 Å². The summed E-state index contributed by atoms with van der Waals surface area (Å²) in [4.78, 5) is 24.1. The molecule has 2 aromatic rings. The summed E-state index contributed by atoms with van der Waals surface area (Å²) in [6.45, 7) is 0.532. The molecular weight excluding hydrogens is 397 g/mol. The molecular formula is C16H17Cl2N5O2S. The van der Waals surface area contributed by atoms with Crippen molar-refractivity contribution in [2.45, 2.75) is 24.4 Å². The number of anilines is 1. The fraction of sp³-hybridized carbons (Fsp3) is 0.375. The summed E-state index contributed by atoms with van der Waals surface area (Å²) in [5, 5.41) is 3.99. The molecule has 1 aromatic carbocycles. The predicted molar refractivity (Wildman–Crippen MR) is 103 cm³/mol. The van der Waals surface area contributed by atoms with Gasteiger partial charge in [-0.1, -0.05) is 35.0 Å². The number of nitrogens with two attached hydrogens (primary N) is 1. The van der Waals surface area contributed by atoms with Crippen molar-refractivity contribution in [3.63, 3.8) is 0 Å². The summed E-state index contributed by atoms with van der Waals surface area (Å²) in [5.74, 6) is 1.82. The van der Waals surface area contributed by atoms with Crippen molar-refractivity contribution in [2.24, 2.45) is 0 Å². The van der Waals surface area contributed by atoms with Crippen molar-refractivity contribution < 1.29 is 9.53 Å². The van der Waals surface area contributed by atoms with E-state index in [-0.39, 0.29) is 11.9 Å². The predicted octanol–water partition coefficient (Wildman–Crippen LogP) is 2.98. The first-order chi connectivity index (χ1) is 12.5. The molecule has 0 bridgehead atoms. The van der Waals surface area contributed by atoms with E-state index in [0.29, 0.717) is 64.0 Å². The van der Waals surface area contributed by atoms with E-state index in [2.05, 4.69) is 20.3 Å². The molecule has 0 atom stereocenters. The van der Waals surface area contributed by atoms with Gasteiger partial charge in [-0.25, -0.2) is 4.98 Å². The number of carbonyl (C=O) groups excluding carboxylic acids is 1. The van der Waals surface area contributed by atoms with E-state index in [1.165, 1.54) is 11.8 Å². The van der Waals surface area contributed by atoms with Gasteiger partial charge in [0.1, 0.15) is 5.75 Å². The second-order valence-electron chi connectivity index (χ2n) is 5.55. The molecule has 0 spiro atoms. The molecule has 2 heterocycles. The van der Waals surface area contributed by atoms with Crippen LogP contribution >= 0.6 is 35.0 Å². The van der Waals surface area contributed by atoms with Crippen LogP contribution in [0, 0.1) is 0 Å². The molecule has 0 aliphatic carbocycles. The average Bonchev–Trinajstić information content (AvgIpc) is 3.08. The van der Waals surface area contributed by atoms with Gasteiger partial charge in [-0.3, -0.25) is 4.79 Å². The number of nitrogens with zero attached hydrogens (tertiary/aromatic N) is 3. The van der Waals surface area contributed by atoms with E-state index < -0.39 is 0 Å². The Balaban J connectivity index is 1.85. The highest BCUT2D eigenvalue weighted by molar-refractivity contribution is 7.99. The van der Waals surface area contributed by atoms with Gasteiger partial charge in [0.15, 0.2) is 11.0 Å². The summed E-state index contributed by atoms with van der Waals surface area (Å²) < 4.78 is 5.58. The molecule has 1 amide bonds. The number of thioether (sulfide) groups is 1. The van der Waals surface area contributed by atoms with Gasteiger partial charge in [0, 0.05) is 36.8 Å². The number of benzene rings is 1. The number of halogens is 2. The van der Waals surface area contributed by atoms with Crippen molar-refractivity contribution in [3.8, 4) is 17.1 Å². The second-order valence-corrected chi connectivity index (χ2v) is 7.42. The Morgan fingerprint density at radius 1 is 1.35 bits per heavy atom. The Labute approximate surface area is 165 Å². The van der Waals surface area contributed by atoms with Crippen LogP contribution in [0.25, 0.3) is 11.4 Å². The van der Waals surface area contributed by atoms with Crippen LogP contribution in [0.4, 0.5) is 5.95 Å². The van der Waals surface area contributed by atoms with Crippen molar-refractivity contribution in [1.29, 1.82) is 0 Å². The van der Waals surface area contributed by atoms with Gasteiger partial charge in [-0.15, -0.1) is 0 Å². The van der Waals surface area contributed by atoms with Crippen molar-refractivity contribution in [2.75, 3.05) is 25.1 Å². The minimum absolute atomic E-state index is 0.00459. The third-order valence-corrected chi connectivity index (χ3v) is 5.31. The van der Waals surface area contributed by atoms with Gasteiger partial charge < -0.3 is 15.8 Å². The standard InChI is InChI=1S/C16H17Cl2N5O2S/c1-20-11(24)3-2-6-26-16-22-14(21-15(19)23-16)12-8-4-5-25-13(8)10(18)7-9(12)17/h7H,2-6H2,1H3,(H,20,24)(H2,19,21,22,23). The highest BCUT2D eigenvalue weighted by Crippen LogP contribution is 2.43. The zero-order valence-corrected chi connectivity index (χ0v) is 16.3. The fourth-order valence-electron chi connectivity index (χ4n) is 2.61. The lowest BCUT2D eigenvalue weighted by Crippen LogP contribution is -2.17. The molecule has 10 heteroatoms. The summed E-state index contributed by atoms with van der Waals surface area (Å²) in [6, 6.07) is 1.62. The van der Waals surface area contributed by atoms with Crippen LogP contribution in [-0.4, -0.2) is 40.3 Å². The highest BCUT2D eigenvalue weighted by Gasteiger charge is 2.25. The monoisotopic (exact) mass is 413 g/mol. The average molecular weight is 414 g/mol. The zero-order chi connectivity index (χ0) is 18.7. The van der Waals surface area contributed by atoms with E-state index in [1.54, 1.807) is 13.1 Å². The van der Waals surface area contributed by atoms with Crippen molar-refractivity contribution >= 4 is 46.8 Å². The Kier molecular flexibility index (Phi) is 6.05. The number of nitrogens with one attached hydrogen (secondary N) is 1. The van der Waals surface area contributed by atoms with E-state index in [0.717, 1.165) is 5.56 Å². The molecule has 1 aromatic heterocycles. The maximum Gasteiger partial charge on any atom is 0.224 e. The topological polar surface area (TPSA) is 103 Å².